The maximum absolute atomic E-state index is 13.6. The Morgan fingerprint density at radius 3 is 2.62 bits per heavy atom. The van der Waals surface area contributed by atoms with Gasteiger partial charge in [0.15, 0.2) is 5.78 Å². The van der Waals surface area contributed by atoms with Gasteiger partial charge in [0.1, 0.15) is 24.4 Å². The third-order valence-electron chi connectivity index (χ3n) is 6.26. The van der Waals surface area contributed by atoms with E-state index < -0.39 is 12.1 Å². The topological polar surface area (TPSA) is 95.9 Å². The predicted molar refractivity (Wildman–Crippen MR) is 128 cm³/mol. The van der Waals surface area contributed by atoms with Crippen LogP contribution in [0.5, 0.6) is 5.75 Å². The van der Waals surface area contributed by atoms with E-state index in [1.165, 1.54) is 11.3 Å². The minimum Gasteiger partial charge on any atom is -0.508 e. The van der Waals surface area contributed by atoms with E-state index in [1.807, 2.05) is 36.4 Å². The number of likely N-dealkylation sites (tertiary alicyclic amines) is 1. The number of thiophene rings is 1. The number of Topliss-reactive ketones (excluding diaryl/α,β-unsaturated/α-hetero) is 1. The average molecular weight is 477 g/mol. The summed E-state index contributed by atoms with van der Waals surface area (Å²) in [6, 6.07) is 18.5. The van der Waals surface area contributed by atoms with Crippen molar-refractivity contribution < 1.29 is 24.2 Å². The Bertz CT molecular complexity index is 1210. The van der Waals surface area contributed by atoms with Crippen molar-refractivity contribution >= 4 is 28.9 Å². The molecule has 2 aliphatic heterocycles. The van der Waals surface area contributed by atoms with Crippen LogP contribution in [-0.4, -0.2) is 58.9 Å². The van der Waals surface area contributed by atoms with Gasteiger partial charge in [-0.2, -0.15) is 0 Å². The van der Waals surface area contributed by atoms with Gasteiger partial charge in [-0.25, -0.2) is 0 Å². The normalized spacial score (nSPS) is 20.2. The Labute approximate surface area is 201 Å². The lowest BCUT2D eigenvalue weighted by Crippen LogP contribution is -2.53. The van der Waals surface area contributed by atoms with Crippen LogP contribution in [0.2, 0.25) is 0 Å². The summed E-state index contributed by atoms with van der Waals surface area (Å²) < 4.78 is 5.52. The van der Waals surface area contributed by atoms with Crippen LogP contribution < -0.4 is 5.32 Å². The summed E-state index contributed by atoms with van der Waals surface area (Å²) in [6.45, 7) is 0.435. The van der Waals surface area contributed by atoms with Gasteiger partial charge in [0.05, 0.1) is 11.0 Å². The maximum atomic E-state index is 13.6. The molecule has 8 heteroatoms. The highest BCUT2D eigenvalue weighted by Crippen LogP contribution is 2.29. The number of hydrogen-bond acceptors (Lipinski definition) is 6. The second kappa shape index (κ2) is 9.40. The zero-order valence-electron chi connectivity index (χ0n) is 18.3. The number of amides is 2. The summed E-state index contributed by atoms with van der Waals surface area (Å²) in [6.07, 6.45) is 0.574. The Balaban J connectivity index is 1.37. The lowest BCUT2D eigenvalue weighted by atomic mass is 10.0. The minimum atomic E-state index is -0.855. The van der Waals surface area contributed by atoms with Crippen molar-refractivity contribution in [3.05, 3.63) is 77.2 Å². The SMILES string of the molecule is O=C(NC(Cc1ccc(O)cc1)C(=O)N1CCC2OCC(=O)C21)c1ccc(-c2ccccc2)s1. The van der Waals surface area contributed by atoms with Gasteiger partial charge in [-0.3, -0.25) is 14.4 Å². The number of fused-ring (bicyclic) bond motifs is 1. The predicted octanol–water partition coefficient (Wildman–Crippen LogP) is 3.03. The standard InChI is InChI=1S/C26H24N2O5S/c29-18-8-6-16(7-9-18)14-19(26(32)28-13-12-21-24(28)20(30)15-33-21)27-25(31)23-11-10-22(34-23)17-4-2-1-3-5-17/h1-11,19,21,24,29H,12-15H2,(H,27,31). The highest BCUT2D eigenvalue weighted by atomic mass is 32.1. The quantitative estimate of drug-likeness (QED) is 0.570. The van der Waals surface area contributed by atoms with Gasteiger partial charge < -0.3 is 20.1 Å². The lowest BCUT2D eigenvalue weighted by molar-refractivity contribution is -0.138. The molecule has 2 fully saturated rings. The molecule has 5 rings (SSSR count). The number of phenols is 1. The van der Waals surface area contributed by atoms with Crippen LogP contribution in [0.25, 0.3) is 10.4 Å². The molecule has 3 atom stereocenters. The molecule has 3 heterocycles. The van der Waals surface area contributed by atoms with Gasteiger partial charge in [-0.1, -0.05) is 42.5 Å². The number of ether oxygens (including phenoxy) is 1. The van der Waals surface area contributed by atoms with Gasteiger partial charge in [-0.05, 0) is 41.8 Å². The molecule has 34 heavy (non-hydrogen) atoms. The molecule has 2 saturated heterocycles. The maximum Gasteiger partial charge on any atom is 0.262 e. The molecule has 2 aliphatic rings. The number of nitrogens with zero attached hydrogens (tertiary/aromatic N) is 1. The number of rotatable bonds is 6. The van der Waals surface area contributed by atoms with Gasteiger partial charge in [0.25, 0.3) is 5.91 Å². The van der Waals surface area contributed by atoms with E-state index in [1.54, 1.807) is 35.2 Å². The molecule has 2 amide bonds. The highest BCUT2D eigenvalue weighted by molar-refractivity contribution is 7.17. The number of carbonyl (C=O) groups excluding carboxylic acids is 3. The lowest BCUT2D eigenvalue weighted by Gasteiger charge is -2.27. The van der Waals surface area contributed by atoms with E-state index in [9.17, 15) is 19.5 Å². The van der Waals surface area contributed by atoms with Crippen molar-refractivity contribution in [1.82, 2.24) is 10.2 Å². The second-order valence-corrected chi connectivity index (χ2v) is 9.59. The average Bonchev–Trinajstić information content (AvgIpc) is 3.58. The molecule has 0 aliphatic carbocycles. The molecule has 1 aromatic heterocycles. The van der Waals surface area contributed by atoms with Crippen molar-refractivity contribution in [2.75, 3.05) is 13.2 Å². The molecule has 2 N–H and O–H groups in total. The summed E-state index contributed by atoms with van der Waals surface area (Å²) in [5, 5.41) is 12.5. The van der Waals surface area contributed by atoms with E-state index in [-0.39, 0.29) is 42.5 Å². The Hall–Kier alpha value is -3.49. The number of hydrogen-bond donors (Lipinski definition) is 2. The Morgan fingerprint density at radius 1 is 1.09 bits per heavy atom. The molecule has 0 bridgehead atoms. The van der Waals surface area contributed by atoms with Crippen LogP contribution in [0.3, 0.4) is 0 Å². The van der Waals surface area contributed by atoms with Crippen molar-refractivity contribution in [3.8, 4) is 16.2 Å². The number of nitrogens with one attached hydrogen (secondary N) is 1. The molecule has 3 unspecified atom stereocenters. The molecular weight excluding hydrogens is 452 g/mol. The second-order valence-electron chi connectivity index (χ2n) is 8.51. The smallest absolute Gasteiger partial charge is 0.262 e. The van der Waals surface area contributed by atoms with E-state index in [0.29, 0.717) is 17.8 Å². The summed E-state index contributed by atoms with van der Waals surface area (Å²) in [4.78, 5) is 42.1. The first kappa shape index (κ1) is 22.3. The molecule has 0 saturated carbocycles. The minimum absolute atomic E-state index is 0.0194. The Morgan fingerprint density at radius 2 is 1.85 bits per heavy atom. The molecule has 3 aromatic rings. The number of ketones is 1. The first-order chi connectivity index (χ1) is 16.5. The fourth-order valence-electron chi connectivity index (χ4n) is 4.56. The van der Waals surface area contributed by atoms with Gasteiger partial charge in [0.2, 0.25) is 5.91 Å². The van der Waals surface area contributed by atoms with Crippen LogP contribution in [0.1, 0.15) is 21.7 Å². The fraction of sp³-hybridized carbons (Fsp3) is 0.269. The zero-order chi connectivity index (χ0) is 23.7. The van der Waals surface area contributed by atoms with Crippen molar-refractivity contribution in [1.29, 1.82) is 0 Å². The van der Waals surface area contributed by atoms with Crippen molar-refractivity contribution in [2.24, 2.45) is 0 Å². The molecular formula is C26H24N2O5S. The zero-order valence-corrected chi connectivity index (χ0v) is 19.2. The van der Waals surface area contributed by atoms with Crippen molar-refractivity contribution in [3.63, 3.8) is 0 Å². The van der Waals surface area contributed by atoms with E-state index in [2.05, 4.69) is 5.32 Å². The fourth-order valence-corrected chi connectivity index (χ4v) is 5.47. The van der Waals surface area contributed by atoms with Gasteiger partial charge in [-0.15, -0.1) is 11.3 Å². The van der Waals surface area contributed by atoms with E-state index in [4.69, 9.17) is 4.74 Å². The van der Waals surface area contributed by atoms with Gasteiger partial charge >= 0.3 is 0 Å². The van der Waals surface area contributed by atoms with E-state index >= 15 is 0 Å². The number of carbonyl (C=O) groups is 3. The van der Waals surface area contributed by atoms with E-state index in [0.717, 1.165) is 16.0 Å². The summed E-state index contributed by atoms with van der Waals surface area (Å²) in [5.41, 5.74) is 1.81. The number of aromatic hydroxyl groups is 1. The van der Waals surface area contributed by atoms with Crippen LogP contribution >= 0.6 is 11.3 Å². The molecule has 2 aromatic carbocycles. The highest BCUT2D eigenvalue weighted by Gasteiger charge is 2.48. The van der Waals surface area contributed by atoms with Crippen LogP contribution in [0.15, 0.2) is 66.7 Å². The summed E-state index contributed by atoms with van der Waals surface area (Å²) in [5.74, 6) is -0.614. The Kier molecular flexibility index (Phi) is 6.17. The van der Waals surface area contributed by atoms with Crippen LogP contribution in [0, 0.1) is 0 Å². The summed E-state index contributed by atoms with van der Waals surface area (Å²) >= 11 is 1.36. The summed E-state index contributed by atoms with van der Waals surface area (Å²) in [7, 11) is 0. The van der Waals surface area contributed by atoms with Crippen molar-refractivity contribution in [2.45, 2.75) is 31.0 Å². The molecule has 7 nitrogen and oxygen atoms in total. The third-order valence-corrected chi connectivity index (χ3v) is 7.40. The number of phenolic OH excluding ortho intramolecular Hbond substituents is 1. The van der Waals surface area contributed by atoms with Crippen LogP contribution in [-0.2, 0) is 20.7 Å². The third kappa shape index (κ3) is 4.47. The first-order valence-electron chi connectivity index (χ1n) is 11.2. The number of benzene rings is 2. The largest absolute Gasteiger partial charge is 0.508 e. The van der Waals surface area contributed by atoms with Gasteiger partial charge in [0, 0.05) is 17.8 Å². The molecule has 0 spiro atoms. The monoisotopic (exact) mass is 476 g/mol. The molecule has 0 radical (unpaired) electrons. The first-order valence-corrected chi connectivity index (χ1v) is 12.0. The van der Waals surface area contributed by atoms with Crippen LogP contribution in [0.4, 0.5) is 0 Å². The molecule has 174 valence electrons.